The number of thiophene rings is 1. The molecule has 2 aromatic heterocycles. The molecule has 4 heterocycles. The maximum Gasteiger partial charge on any atom is 0.272 e. The number of aromatic nitrogens is 1. The molecule has 3 aromatic carbocycles. The van der Waals surface area contributed by atoms with Crippen molar-refractivity contribution in [3.63, 3.8) is 0 Å². The Bertz CT molecular complexity index is 2450. The fourth-order valence-corrected chi connectivity index (χ4v) is 8.14. The van der Waals surface area contributed by atoms with Crippen LogP contribution in [-0.4, -0.2) is 76.6 Å². The average Bonchev–Trinajstić information content (AvgIpc) is 3.76. The first kappa shape index (κ1) is 39.8. The number of hydrogen-bond donors (Lipinski definition) is 3. The summed E-state index contributed by atoms with van der Waals surface area (Å²) in [5.74, 6) is 0.00746. The van der Waals surface area contributed by atoms with E-state index >= 15 is 0 Å². The minimum absolute atomic E-state index is 0.111. The van der Waals surface area contributed by atoms with Gasteiger partial charge in [-0.05, 0) is 85.9 Å². The molecule has 12 nitrogen and oxygen atoms in total. The molecule has 0 saturated carbocycles. The molecule has 2 atom stereocenters. The maximum absolute atomic E-state index is 13.7. The average molecular weight is 825 g/mol. The Labute approximate surface area is 342 Å². The third-order valence-electron chi connectivity index (χ3n) is 10.2. The summed E-state index contributed by atoms with van der Waals surface area (Å²) < 4.78 is 14.0. The highest BCUT2D eigenvalue weighted by Gasteiger charge is 2.33. The summed E-state index contributed by atoms with van der Waals surface area (Å²) in [6.45, 7) is 5.31. The minimum atomic E-state index is -0.346. The maximum atomic E-state index is 13.7. The number of aliphatic imine (C=N–C) groups is 1. The predicted molar refractivity (Wildman–Crippen MR) is 231 cm³/mol. The van der Waals surface area contributed by atoms with E-state index in [0.717, 1.165) is 15.6 Å². The molecule has 15 heteroatoms. The second-order valence-electron chi connectivity index (χ2n) is 14.7. The number of anilines is 2. The summed E-state index contributed by atoms with van der Waals surface area (Å²) in [5, 5.41) is 9.64. The van der Waals surface area contributed by atoms with Crippen molar-refractivity contribution in [1.82, 2.24) is 14.8 Å². The van der Waals surface area contributed by atoms with Crippen LogP contribution in [0.15, 0.2) is 77.9 Å². The summed E-state index contributed by atoms with van der Waals surface area (Å²) >= 11 is 6.82. The summed E-state index contributed by atoms with van der Waals surface area (Å²) in [5.41, 5.74) is 4.73. The largest absolute Gasteiger partial charge is 0.493 e. The SMILES string of the molecule is COc1cc2c(cc1OCCCC(=O)Nc1cc(C(=O)Nc3ccc4sc(C(=O)NCC(C)(C)S(C)=S)cc4c3)n(C)c1)N=C[C@@H]1Cc3ccccc3CN1C2=O. The number of nitrogens with zero attached hydrogens (tertiary/aromatic N) is 3. The lowest BCUT2D eigenvalue weighted by molar-refractivity contribution is -0.116. The molecule has 5 aromatic rings. The van der Waals surface area contributed by atoms with Crippen LogP contribution in [0.4, 0.5) is 17.1 Å². The second-order valence-corrected chi connectivity index (χ2v) is 19.3. The van der Waals surface area contributed by atoms with Crippen LogP contribution in [0.3, 0.4) is 0 Å². The monoisotopic (exact) mass is 824 g/mol. The molecular formula is C42H44N6O6S3. The van der Waals surface area contributed by atoms with E-state index in [1.165, 1.54) is 24.0 Å². The molecule has 7 rings (SSSR count). The van der Waals surface area contributed by atoms with Gasteiger partial charge in [-0.2, -0.15) is 0 Å². The van der Waals surface area contributed by atoms with Crippen LogP contribution in [-0.2, 0) is 45.5 Å². The van der Waals surface area contributed by atoms with E-state index in [4.69, 9.17) is 20.7 Å². The van der Waals surface area contributed by atoms with Crippen LogP contribution < -0.4 is 25.4 Å². The molecule has 2 aliphatic heterocycles. The standard InChI is InChI=1S/C42H44N6O6S3/c1-42(2,57(5)55)24-44-40(51)37-17-27-15-28(12-13-36(27)56-37)46-39(50)33-18-29(23-47(33)3)45-38(49)11-8-14-54-35-20-32-31(19-34(35)53-4)41(52)48-22-26-10-7-6-9-25(26)16-30(48)21-43-32/h6-7,9-10,12-13,15,17-21,23,30H,8,11,14,16,22,24H2,1-5H3,(H,44,51)(H,45,49)(H,46,50)/t30-,57?/m0/s1. The van der Waals surface area contributed by atoms with Crippen LogP contribution in [0.25, 0.3) is 10.1 Å². The van der Waals surface area contributed by atoms with Crippen LogP contribution >= 0.6 is 11.3 Å². The molecule has 57 heavy (non-hydrogen) atoms. The van der Waals surface area contributed by atoms with Crippen molar-refractivity contribution in [2.24, 2.45) is 12.0 Å². The zero-order valence-electron chi connectivity index (χ0n) is 32.3. The molecule has 4 amide bonds. The summed E-state index contributed by atoms with van der Waals surface area (Å²) in [4.78, 5) is 59.8. The van der Waals surface area contributed by atoms with Crippen LogP contribution in [0, 0.1) is 0 Å². The van der Waals surface area contributed by atoms with E-state index in [-0.39, 0.29) is 56.9 Å². The number of hydrogen-bond acceptors (Lipinski definition) is 9. The molecule has 0 aliphatic carbocycles. The molecular weight excluding hydrogens is 781 g/mol. The number of nitrogens with one attached hydrogen (secondary N) is 3. The van der Waals surface area contributed by atoms with Crippen molar-refractivity contribution < 1.29 is 28.7 Å². The number of methoxy groups -OCH3 is 1. The minimum Gasteiger partial charge on any atom is -0.493 e. The Kier molecular flexibility index (Phi) is 11.6. The number of carbonyl (C=O) groups excluding carboxylic acids is 4. The van der Waals surface area contributed by atoms with Crippen molar-refractivity contribution in [1.29, 1.82) is 0 Å². The Morgan fingerprint density at radius 3 is 2.56 bits per heavy atom. The van der Waals surface area contributed by atoms with Gasteiger partial charge in [0, 0.05) is 60.2 Å². The van der Waals surface area contributed by atoms with E-state index in [1.54, 1.807) is 42.1 Å². The fraction of sp³-hybridized carbons (Fsp3) is 0.310. The van der Waals surface area contributed by atoms with Crippen molar-refractivity contribution in [3.8, 4) is 11.5 Å². The van der Waals surface area contributed by atoms with Gasteiger partial charge < -0.3 is 34.9 Å². The molecule has 0 radical (unpaired) electrons. The molecule has 296 valence electrons. The van der Waals surface area contributed by atoms with Crippen molar-refractivity contribution in [2.45, 2.75) is 50.4 Å². The summed E-state index contributed by atoms with van der Waals surface area (Å²) in [6, 6.07) is 20.3. The molecule has 0 bridgehead atoms. The number of aryl methyl sites for hydroxylation is 1. The Balaban J connectivity index is 0.913. The molecule has 0 spiro atoms. The van der Waals surface area contributed by atoms with Crippen molar-refractivity contribution in [2.75, 3.05) is 37.2 Å². The van der Waals surface area contributed by atoms with Crippen LogP contribution in [0.5, 0.6) is 11.5 Å². The smallest absolute Gasteiger partial charge is 0.272 e. The first-order chi connectivity index (χ1) is 27.3. The van der Waals surface area contributed by atoms with Crippen LogP contribution in [0.2, 0.25) is 0 Å². The van der Waals surface area contributed by atoms with Gasteiger partial charge in [0.05, 0.1) is 41.6 Å². The van der Waals surface area contributed by atoms with Crippen molar-refractivity contribution in [3.05, 3.63) is 100 Å². The third kappa shape index (κ3) is 8.80. The zero-order valence-corrected chi connectivity index (χ0v) is 34.8. The molecule has 3 N–H and O–H groups in total. The van der Waals surface area contributed by atoms with Crippen LogP contribution in [0.1, 0.15) is 68.3 Å². The van der Waals surface area contributed by atoms with E-state index in [1.807, 2.05) is 61.5 Å². The lowest BCUT2D eigenvalue weighted by atomic mass is 9.94. The highest BCUT2D eigenvalue weighted by Crippen LogP contribution is 2.38. The summed E-state index contributed by atoms with van der Waals surface area (Å²) in [7, 11) is 2.99. The quantitative estimate of drug-likeness (QED) is 0.111. The van der Waals surface area contributed by atoms with Gasteiger partial charge in [-0.1, -0.05) is 35.5 Å². The molecule has 1 unspecified atom stereocenters. The van der Waals surface area contributed by atoms with E-state index < -0.39 is 0 Å². The normalized spacial score (nSPS) is 15.2. The highest BCUT2D eigenvalue weighted by molar-refractivity contribution is 8.29. The molecule has 0 fully saturated rings. The molecule has 2 aliphatic rings. The number of ether oxygens (including phenoxy) is 2. The molecule has 0 saturated heterocycles. The first-order valence-electron chi connectivity index (χ1n) is 18.5. The topological polar surface area (TPSA) is 143 Å². The number of carbonyl (C=O) groups is 4. The van der Waals surface area contributed by atoms with Gasteiger partial charge in [0.2, 0.25) is 5.91 Å². The van der Waals surface area contributed by atoms with Gasteiger partial charge in [0.15, 0.2) is 11.5 Å². The van der Waals surface area contributed by atoms with Gasteiger partial charge >= 0.3 is 0 Å². The number of amides is 4. The van der Waals surface area contributed by atoms with Gasteiger partial charge in [0.25, 0.3) is 17.7 Å². The number of fused-ring (bicyclic) bond motifs is 4. The number of rotatable bonds is 13. The summed E-state index contributed by atoms with van der Waals surface area (Å²) in [6.07, 6.45) is 6.77. The Morgan fingerprint density at radius 2 is 1.79 bits per heavy atom. The Hall–Kier alpha value is -5.38. The van der Waals surface area contributed by atoms with Gasteiger partial charge in [-0.3, -0.25) is 24.2 Å². The fourth-order valence-electron chi connectivity index (χ4n) is 6.73. The lowest BCUT2D eigenvalue weighted by Crippen LogP contribution is -2.44. The first-order valence-corrected chi connectivity index (χ1v) is 21.9. The predicted octanol–water partition coefficient (Wildman–Crippen LogP) is 6.80. The zero-order chi connectivity index (χ0) is 40.4. The van der Waals surface area contributed by atoms with Crippen molar-refractivity contribution >= 4 is 89.0 Å². The third-order valence-corrected chi connectivity index (χ3v) is 14.4. The Morgan fingerprint density at radius 1 is 1.00 bits per heavy atom. The van der Waals surface area contributed by atoms with Gasteiger partial charge in [0.1, 0.15) is 5.69 Å². The van der Waals surface area contributed by atoms with E-state index in [0.29, 0.717) is 70.6 Å². The second kappa shape index (κ2) is 16.6. The number of benzene rings is 3. The van der Waals surface area contributed by atoms with E-state index in [2.05, 4.69) is 33.1 Å². The lowest BCUT2D eigenvalue weighted by Gasteiger charge is -2.34. The highest BCUT2D eigenvalue weighted by atomic mass is 32.8. The van der Waals surface area contributed by atoms with E-state index in [9.17, 15) is 19.2 Å². The van der Waals surface area contributed by atoms with Gasteiger partial charge in [-0.25, -0.2) is 0 Å². The van der Waals surface area contributed by atoms with Gasteiger partial charge in [-0.15, -0.1) is 20.8 Å².